The van der Waals surface area contributed by atoms with Gasteiger partial charge in [-0.25, -0.2) is 8.42 Å². The fourth-order valence-corrected chi connectivity index (χ4v) is 4.50. The Balaban J connectivity index is 2.28. The maximum atomic E-state index is 12.3. The molecule has 0 amide bonds. The summed E-state index contributed by atoms with van der Waals surface area (Å²) >= 11 is 1.14. The minimum Gasteiger partial charge on any atom is -0.293 e. The molecular weight excluding hydrogens is 292 g/mol. The normalized spacial score (nSPS) is 13.1. The number of sulfone groups is 1. The van der Waals surface area contributed by atoms with Gasteiger partial charge in [-0.1, -0.05) is 37.3 Å². The Labute approximate surface area is 123 Å². The lowest BCUT2D eigenvalue weighted by Gasteiger charge is -2.11. The molecule has 0 saturated heterocycles. The van der Waals surface area contributed by atoms with Crippen LogP contribution < -0.4 is 0 Å². The van der Waals surface area contributed by atoms with Crippen molar-refractivity contribution in [1.29, 1.82) is 0 Å². The summed E-state index contributed by atoms with van der Waals surface area (Å²) in [5.74, 6) is -0.360. The van der Waals surface area contributed by atoms with Crippen LogP contribution >= 0.6 is 11.3 Å². The van der Waals surface area contributed by atoms with Gasteiger partial charge in [-0.3, -0.25) is 4.79 Å². The summed E-state index contributed by atoms with van der Waals surface area (Å²) in [6.45, 7) is 3.48. The Bertz CT molecular complexity index is 683. The molecule has 0 radical (unpaired) electrons. The van der Waals surface area contributed by atoms with E-state index in [0.29, 0.717) is 5.56 Å². The van der Waals surface area contributed by atoms with E-state index < -0.39 is 15.1 Å². The lowest BCUT2D eigenvalue weighted by Crippen LogP contribution is -2.27. The van der Waals surface area contributed by atoms with Gasteiger partial charge >= 0.3 is 0 Å². The highest BCUT2D eigenvalue weighted by Gasteiger charge is 2.31. The van der Waals surface area contributed by atoms with E-state index in [2.05, 4.69) is 0 Å². The number of carbonyl (C=O) groups excluding carboxylic acids is 1. The zero-order valence-electron chi connectivity index (χ0n) is 11.4. The molecule has 1 aromatic carbocycles. The molecule has 0 aliphatic heterocycles. The van der Waals surface area contributed by atoms with E-state index in [9.17, 15) is 13.2 Å². The summed E-state index contributed by atoms with van der Waals surface area (Å²) in [6, 6.07) is 10.3. The fourth-order valence-electron chi connectivity index (χ4n) is 1.88. The van der Waals surface area contributed by atoms with E-state index in [1.54, 1.807) is 23.6 Å². The second kappa shape index (κ2) is 5.89. The van der Waals surface area contributed by atoms with Crippen LogP contribution in [0.4, 0.5) is 0 Å². The molecule has 0 saturated carbocycles. The van der Waals surface area contributed by atoms with Gasteiger partial charge in [0.1, 0.15) is 9.46 Å². The van der Waals surface area contributed by atoms with Gasteiger partial charge in [-0.15, -0.1) is 11.3 Å². The number of Topliss-reactive ketones (excluding diaryl/α,β-unsaturated/α-hetero) is 1. The van der Waals surface area contributed by atoms with Crippen molar-refractivity contribution < 1.29 is 13.2 Å². The predicted octanol–water partition coefficient (Wildman–Crippen LogP) is 3.36. The third-order valence-corrected chi connectivity index (χ3v) is 6.75. The first-order chi connectivity index (χ1) is 9.46. The maximum absolute atomic E-state index is 12.3. The number of aryl methyl sites for hydroxylation is 1. The molecule has 3 nitrogen and oxygen atoms in total. The van der Waals surface area contributed by atoms with Gasteiger partial charge in [0, 0.05) is 5.56 Å². The van der Waals surface area contributed by atoms with Crippen molar-refractivity contribution in [2.24, 2.45) is 0 Å². The highest BCUT2D eigenvalue weighted by Crippen LogP contribution is 2.23. The summed E-state index contributed by atoms with van der Waals surface area (Å²) in [4.78, 5) is 12.3. The quantitative estimate of drug-likeness (QED) is 0.796. The van der Waals surface area contributed by atoms with Crippen LogP contribution in [0, 0.1) is 0 Å². The average molecular weight is 308 g/mol. The molecular formula is C15H16O3S2. The van der Waals surface area contributed by atoms with E-state index in [0.717, 1.165) is 23.3 Å². The third kappa shape index (κ3) is 2.83. The molecule has 0 aliphatic rings. The summed E-state index contributed by atoms with van der Waals surface area (Å²) in [6.07, 6.45) is 0.886. The Kier molecular flexibility index (Phi) is 4.40. The van der Waals surface area contributed by atoms with E-state index >= 15 is 0 Å². The highest BCUT2D eigenvalue weighted by molar-refractivity contribution is 7.94. The standard InChI is InChI=1S/C15H16O3S2/c1-3-12-6-8-13(9-7-12)15(16)11(2)20(17,18)14-5-4-10-19-14/h4-11H,3H2,1-2H3. The first kappa shape index (κ1) is 14.9. The van der Waals surface area contributed by atoms with E-state index in [4.69, 9.17) is 0 Å². The molecule has 0 bridgehead atoms. The van der Waals surface area contributed by atoms with Crippen molar-refractivity contribution in [3.63, 3.8) is 0 Å². The van der Waals surface area contributed by atoms with Crippen LogP contribution in [0.1, 0.15) is 29.8 Å². The monoisotopic (exact) mass is 308 g/mol. The molecule has 106 valence electrons. The van der Waals surface area contributed by atoms with Gasteiger partial charge < -0.3 is 0 Å². The highest BCUT2D eigenvalue weighted by atomic mass is 32.2. The van der Waals surface area contributed by atoms with Gasteiger partial charge in [-0.2, -0.15) is 0 Å². The van der Waals surface area contributed by atoms with Crippen LogP contribution in [0.2, 0.25) is 0 Å². The number of hydrogen-bond donors (Lipinski definition) is 0. The molecule has 1 heterocycles. The molecule has 0 aliphatic carbocycles. The molecule has 1 unspecified atom stereocenters. The van der Waals surface area contributed by atoms with E-state index in [1.165, 1.54) is 13.0 Å². The van der Waals surface area contributed by atoms with Crippen molar-refractivity contribution in [2.75, 3.05) is 0 Å². The number of carbonyl (C=O) groups is 1. The van der Waals surface area contributed by atoms with Crippen molar-refractivity contribution in [3.05, 3.63) is 52.9 Å². The smallest absolute Gasteiger partial charge is 0.197 e. The minimum absolute atomic E-state index is 0.239. The average Bonchev–Trinajstić information content (AvgIpc) is 3.00. The molecule has 0 N–H and O–H groups in total. The number of benzene rings is 1. The molecule has 20 heavy (non-hydrogen) atoms. The van der Waals surface area contributed by atoms with Gasteiger partial charge in [-0.05, 0) is 30.4 Å². The molecule has 1 aromatic heterocycles. The second-order valence-electron chi connectivity index (χ2n) is 4.53. The third-order valence-electron chi connectivity index (χ3n) is 3.26. The van der Waals surface area contributed by atoms with E-state index in [1.807, 2.05) is 19.1 Å². The largest absolute Gasteiger partial charge is 0.293 e. The van der Waals surface area contributed by atoms with Crippen LogP contribution in [0.5, 0.6) is 0 Å². The van der Waals surface area contributed by atoms with Crippen LogP contribution in [0.15, 0.2) is 46.0 Å². The van der Waals surface area contributed by atoms with Crippen LogP contribution in [0.3, 0.4) is 0 Å². The first-order valence-electron chi connectivity index (χ1n) is 6.37. The summed E-state index contributed by atoms with van der Waals surface area (Å²) in [5.41, 5.74) is 1.56. The van der Waals surface area contributed by atoms with Crippen LogP contribution in [0.25, 0.3) is 0 Å². The van der Waals surface area contributed by atoms with Gasteiger partial charge in [0.2, 0.25) is 0 Å². The zero-order valence-corrected chi connectivity index (χ0v) is 13.0. The summed E-state index contributed by atoms with van der Waals surface area (Å²) in [5, 5.41) is 0.633. The van der Waals surface area contributed by atoms with Crippen molar-refractivity contribution in [2.45, 2.75) is 29.7 Å². The molecule has 5 heteroatoms. The number of rotatable bonds is 5. The number of hydrogen-bond acceptors (Lipinski definition) is 4. The van der Waals surface area contributed by atoms with E-state index in [-0.39, 0.29) is 9.99 Å². The number of thiophene rings is 1. The maximum Gasteiger partial charge on any atom is 0.197 e. The van der Waals surface area contributed by atoms with Gasteiger partial charge in [0.25, 0.3) is 0 Å². The molecule has 0 spiro atoms. The lowest BCUT2D eigenvalue weighted by molar-refractivity contribution is 0.0991. The molecule has 0 fully saturated rings. The van der Waals surface area contributed by atoms with Crippen LogP contribution in [-0.2, 0) is 16.3 Å². The molecule has 2 aromatic rings. The van der Waals surface area contributed by atoms with Crippen molar-refractivity contribution in [1.82, 2.24) is 0 Å². The Morgan fingerprint density at radius 1 is 1.20 bits per heavy atom. The zero-order chi connectivity index (χ0) is 14.8. The molecule has 1 atom stereocenters. The Hall–Kier alpha value is -1.46. The van der Waals surface area contributed by atoms with Crippen molar-refractivity contribution in [3.8, 4) is 0 Å². The van der Waals surface area contributed by atoms with Crippen LogP contribution in [-0.4, -0.2) is 19.5 Å². The summed E-state index contributed by atoms with van der Waals surface area (Å²) < 4.78 is 24.9. The topological polar surface area (TPSA) is 51.2 Å². The SMILES string of the molecule is CCc1ccc(C(=O)C(C)S(=O)(=O)c2cccs2)cc1. The Morgan fingerprint density at radius 2 is 1.85 bits per heavy atom. The lowest BCUT2D eigenvalue weighted by atomic mass is 10.1. The van der Waals surface area contributed by atoms with Gasteiger partial charge in [0.05, 0.1) is 0 Å². The first-order valence-corrected chi connectivity index (χ1v) is 8.80. The minimum atomic E-state index is -3.59. The van der Waals surface area contributed by atoms with Gasteiger partial charge in [0.15, 0.2) is 15.6 Å². The summed E-state index contributed by atoms with van der Waals surface area (Å²) in [7, 11) is -3.59. The Morgan fingerprint density at radius 3 is 2.35 bits per heavy atom. The fraction of sp³-hybridized carbons (Fsp3) is 0.267. The molecule has 2 rings (SSSR count). The van der Waals surface area contributed by atoms with Crippen molar-refractivity contribution >= 4 is 27.0 Å². The predicted molar refractivity (Wildman–Crippen MR) is 81.1 cm³/mol. The number of ketones is 1. The second-order valence-corrected chi connectivity index (χ2v) is 7.98.